The van der Waals surface area contributed by atoms with Gasteiger partial charge in [-0.25, -0.2) is 0 Å². The Kier molecular flexibility index (Phi) is 7.05. The minimum Gasteiger partial charge on any atom is -0.469 e. The molecule has 3 saturated carbocycles. The fourth-order valence-electron chi connectivity index (χ4n) is 10.5. The molecule has 1 aliphatic heterocycles. The van der Waals surface area contributed by atoms with Crippen molar-refractivity contribution >= 4 is 5.97 Å². The van der Waals surface area contributed by atoms with Gasteiger partial charge in [0, 0.05) is 6.42 Å². The zero-order valence-electron chi connectivity index (χ0n) is 24.6. The van der Waals surface area contributed by atoms with E-state index in [9.17, 15) is 15.0 Å². The van der Waals surface area contributed by atoms with Crippen LogP contribution in [0.15, 0.2) is 0 Å². The minimum atomic E-state index is -0.805. The predicted molar refractivity (Wildman–Crippen MR) is 142 cm³/mol. The first-order valence-corrected chi connectivity index (χ1v) is 14.6. The number of fused-ring (bicyclic) bond motifs is 3. The van der Waals surface area contributed by atoms with Crippen LogP contribution in [0.3, 0.4) is 0 Å². The predicted octanol–water partition coefficient (Wildman–Crippen LogP) is 6.28. The van der Waals surface area contributed by atoms with Gasteiger partial charge in [-0.05, 0) is 132 Å². The molecule has 208 valence electrons. The molecule has 0 unspecified atom stereocenters. The highest BCUT2D eigenvalue weighted by Gasteiger charge is 2.69. The third-order valence-corrected chi connectivity index (χ3v) is 12.5. The molecule has 3 aliphatic carbocycles. The van der Waals surface area contributed by atoms with Crippen molar-refractivity contribution in [3.8, 4) is 0 Å². The topological polar surface area (TPSA) is 76.0 Å². The Morgan fingerprint density at radius 2 is 1.50 bits per heavy atom. The van der Waals surface area contributed by atoms with E-state index < -0.39 is 11.2 Å². The second-order valence-corrected chi connectivity index (χ2v) is 15.2. The van der Waals surface area contributed by atoms with Crippen LogP contribution in [0, 0.1) is 39.9 Å². The summed E-state index contributed by atoms with van der Waals surface area (Å²) in [5.74, 6) is 1.59. The van der Waals surface area contributed by atoms with Crippen LogP contribution in [0.1, 0.15) is 120 Å². The van der Waals surface area contributed by atoms with E-state index in [1.54, 1.807) is 0 Å². The molecule has 0 amide bonds. The summed E-state index contributed by atoms with van der Waals surface area (Å²) in [7, 11) is 1.47. The lowest BCUT2D eigenvalue weighted by Crippen LogP contribution is -2.62. The van der Waals surface area contributed by atoms with Crippen molar-refractivity contribution in [2.45, 2.75) is 143 Å². The number of esters is 1. The second kappa shape index (κ2) is 8.95. The number of carbonyl (C=O) groups excluding carboxylic acids is 1. The lowest BCUT2D eigenvalue weighted by atomic mass is 9.37. The van der Waals surface area contributed by atoms with Crippen LogP contribution in [-0.4, -0.2) is 46.2 Å². The van der Waals surface area contributed by atoms with Crippen molar-refractivity contribution < 1.29 is 24.5 Å². The van der Waals surface area contributed by atoms with Gasteiger partial charge >= 0.3 is 5.97 Å². The lowest BCUT2D eigenvalue weighted by Gasteiger charge is -2.67. The SMILES string of the molecule is COC(=O)CC[C@]1(C)[C@H]2CC[C@@H]3[C@@H]([C@]4(C)CC[C@@H](C(C)(C)O)O4)CC[C@@]3(C)[C@]2(C)CC[C@H]1C(C)(C)O. The van der Waals surface area contributed by atoms with Gasteiger partial charge in [-0.1, -0.05) is 20.8 Å². The summed E-state index contributed by atoms with van der Waals surface area (Å²) in [6, 6.07) is 0. The summed E-state index contributed by atoms with van der Waals surface area (Å²) in [5.41, 5.74) is -1.52. The average molecular weight is 507 g/mol. The number of methoxy groups -OCH3 is 1. The van der Waals surface area contributed by atoms with Crippen LogP contribution in [0.4, 0.5) is 0 Å². The zero-order chi connectivity index (χ0) is 26.9. The molecule has 1 heterocycles. The monoisotopic (exact) mass is 506 g/mol. The van der Waals surface area contributed by atoms with Crippen molar-refractivity contribution in [1.29, 1.82) is 0 Å². The van der Waals surface area contributed by atoms with Crippen LogP contribution < -0.4 is 0 Å². The van der Waals surface area contributed by atoms with Crippen molar-refractivity contribution in [1.82, 2.24) is 0 Å². The zero-order valence-corrected chi connectivity index (χ0v) is 24.6. The molecular formula is C31H54O5. The first-order chi connectivity index (χ1) is 16.4. The first-order valence-electron chi connectivity index (χ1n) is 14.6. The molecule has 9 atom stereocenters. The second-order valence-electron chi connectivity index (χ2n) is 15.2. The summed E-state index contributed by atoms with van der Waals surface area (Å²) in [6.45, 7) is 17.5. The van der Waals surface area contributed by atoms with Gasteiger partial charge in [-0.2, -0.15) is 0 Å². The van der Waals surface area contributed by atoms with E-state index in [1.165, 1.54) is 26.4 Å². The van der Waals surface area contributed by atoms with Gasteiger partial charge in [0.05, 0.1) is 30.0 Å². The van der Waals surface area contributed by atoms with E-state index in [-0.39, 0.29) is 39.8 Å². The molecule has 0 spiro atoms. The summed E-state index contributed by atoms with van der Waals surface area (Å²) >= 11 is 0. The highest BCUT2D eigenvalue weighted by Crippen LogP contribution is 2.74. The van der Waals surface area contributed by atoms with Crippen LogP contribution in [-0.2, 0) is 14.3 Å². The van der Waals surface area contributed by atoms with Gasteiger partial charge < -0.3 is 19.7 Å². The highest BCUT2D eigenvalue weighted by molar-refractivity contribution is 5.69. The third kappa shape index (κ3) is 4.28. The number of carbonyl (C=O) groups is 1. The molecule has 4 aliphatic rings. The van der Waals surface area contributed by atoms with Gasteiger partial charge in [-0.15, -0.1) is 0 Å². The maximum atomic E-state index is 12.2. The molecule has 0 aromatic carbocycles. The van der Waals surface area contributed by atoms with Crippen LogP contribution in [0.5, 0.6) is 0 Å². The van der Waals surface area contributed by atoms with Crippen LogP contribution in [0.2, 0.25) is 0 Å². The summed E-state index contributed by atoms with van der Waals surface area (Å²) < 4.78 is 11.7. The fraction of sp³-hybridized carbons (Fsp3) is 0.968. The number of hydrogen-bond donors (Lipinski definition) is 2. The Labute approximate surface area is 220 Å². The van der Waals surface area contributed by atoms with Gasteiger partial charge in [-0.3, -0.25) is 4.79 Å². The third-order valence-electron chi connectivity index (χ3n) is 12.5. The Morgan fingerprint density at radius 3 is 2.06 bits per heavy atom. The van der Waals surface area contributed by atoms with Gasteiger partial charge in [0.1, 0.15) is 0 Å². The molecule has 5 nitrogen and oxygen atoms in total. The molecule has 0 aromatic heterocycles. The Balaban J connectivity index is 1.65. The van der Waals surface area contributed by atoms with Crippen molar-refractivity contribution in [3.63, 3.8) is 0 Å². The molecule has 0 aromatic rings. The lowest BCUT2D eigenvalue weighted by molar-refractivity contribution is -0.212. The van der Waals surface area contributed by atoms with E-state index in [4.69, 9.17) is 9.47 Å². The quantitative estimate of drug-likeness (QED) is 0.414. The van der Waals surface area contributed by atoms with Gasteiger partial charge in [0.2, 0.25) is 0 Å². The highest BCUT2D eigenvalue weighted by atomic mass is 16.5. The average Bonchev–Trinajstić information content (AvgIpc) is 3.33. The van der Waals surface area contributed by atoms with Crippen molar-refractivity contribution in [2.75, 3.05) is 7.11 Å². The Bertz CT molecular complexity index is 841. The van der Waals surface area contributed by atoms with Crippen LogP contribution in [0.25, 0.3) is 0 Å². The maximum Gasteiger partial charge on any atom is 0.305 e. The van der Waals surface area contributed by atoms with Crippen molar-refractivity contribution in [3.05, 3.63) is 0 Å². The molecule has 4 rings (SSSR count). The first kappa shape index (κ1) is 28.4. The molecular weight excluding hydrogens is 452 g/mol. The number of hydrogen-bond acceptors (Lipinski definition) is 5. The maximum absolute atomic E-state index is 12.2. The fourth-order valence-corrected chi connectivity index (χ4v) is 10.5. The summed E-state index contributed by atoms with van der Waals surface area (Å²) in [4.78, 5) is 12.2. The Hall–Kier alpha value is -0.650. The number of aliphatic hydroxyl groups is 2. The minimum absolute atomic E-state index is 0.0925. The molecule has 1 saturated heterocycles. The molecule has 36 heavy (non-hydrogen) atoms. The van der Waals surface area contributed by atoms with E-state index in [2.05, 4.69) is 27.7 Å². The molecule has 5 heteroatoms. The van der Waals surface area contributed by atoms with Gasteiger partial charge in [0.25, 0.3) is 0 Å². The molecule has 0 radical (unpaired) electrons. The van der Waals surface area contributed by atoms with E-state index in [0.717, 1.165) is 38.5 Å². The molecule has 2 N–H and O–H groups in total. The van der Waals surface area contributed by atoms with Gasteiger partial charge in [0.15, 0.2) is 0 Å². The van der Waals surface area contributed by atoms with E-state index >= 15 is 0 Å². The Morgan fingerprint density at radius 1 is 0.861 bits per heavy atom. The van der Waals surface area contributed by atoms with E-state index in [0.29, 0.717) is 24.2 Å². The van der Waals surface area contributed by atoms with Crippen molar-refractivity contribution in [2.24, 2.45) is 39.9 Å². The number of rotatable bonds is 6. The largest absolute Gasteiger partial charge is 0.469 e. The summed E-state index contributed by atoms with van der Waals surface area (Å²) in [6.07, 6.45) is 9.89. The molecule has 0 bridgehead atoms. The molecule has 4 fully saturated rings. The number of ether oxygens (including phenoxy) is 2. The summed E-state index contributed by atoms with van der Waals surface area (Å²) in [5, 5.41) is 21.9. The smallest absolute Gasteiger partial charge is 0.305 e. The normalized spacial score (nSPS) is 47.4. The standard InChI is InChI=1S/C31H54O5/c1-26(2,33)22-13-18-30(7)23(28(22,5)16-15-25(32)35-9)11-10-20-21(12-17-29(20,30)6)31(8)19-14-24(36-31)27(3,4)34/h20-24,33-34H,10-19H2,1-9H3/t20-,21+,22+,23-,24+,28+,29-,30-,31+/m1/s1. The van der Waals surface area contributed by atoms with E-state index in [1.807, 2.05) is 27.7 Å². The van der Waals surface area contributed by atoms with Crippen LogP contribution >= 0.6 is 0 Å².